The Morgan fingerprint density at radius 3 is 2.60 bits per heavy atom. The van der Waals surface area contributed by atoms with Gasteiger partial charge in [-0.15, -0.1) is 0 Å². The van der Waals surface area contributed by atoms with Crippen molar-refractivity contribution in [2.24, 2.45) is 5.92 Å². The fourth-order valence-electron chi connectivity index (χ4n) is 2.41. The number of aryl methyl sites for hydroxylation is 2. The Morgan fingerprint density at radius 1 is 1.20 bits per heavy atom. The molecule has 0 radical (unpaired) electrons. The van der Waals surface area contributed by atoms with Crippen molar-refractivity contribution in [1.29, 1.82) is 0 Å². The third kappa shape index (κ3) is 3.99. The van der Waals surface area contributed by atoms with Crippen LogP contribution in [0.2, 0.25) is 0 Å². The zero-order valence-corrected chi connectivity index (χ0v) is 12.7. The lowest BCUT2D eigenvalue weighted by Crippen LogP contribution is -2.38. The average Bonchev–Trinajstić information content (AvgIpc) is 2.44. The van der Waals surface area contributed by atoms with Gasteiger partial charge in [-0.1, -0.05) is 19.9 Å². The van der Waals surface area contributed by atoms with Gasteiger partial charge < -0.3 is 10.1 Å². The van der Waals surface area contributed by atoms with Crippen LogP contribution in [0.25, 0.3) is 0 Å². The molecule has 20 heavy (non-hydrogen) atoms. The van der Waals surface area contributed by atoms with Gasteiger partial charge in [0, 0.05) is 6.04 Å². The van der Waals surface area contributed by atoms with Gasteiger partial charge in [0.25, 0.3) is 5.91 Å². The molecule has 0 bridgehead atoms. The number of hydrogen-bond acceptors (Lipinski definition) is 2. The molecule has 0 heterocycles. The Morgan fingerprint density at radius 2 is 1.90 bits per heavy atom. The van der Waals surface area contributed by atoms with Gasteiger partial charge in [0.15, 0.2) is 6.61 Å². The standard InChI is InChI=1S/C17H25NO2/c1-12(2)13(3)18-17(19)11-20-16-9-8-14-6-4-5-7-15(14)10-16/h8-10,12-13H,4-7,11H2,1-3H3,(H,18,19)/t13-/m0/s1. The molecule has 0 fully saturated rings. The molecular formula is C17H25NO2. The first kappa shape index (κ1) is 14.9. The fourth-order valence-corrected chi connectivity index (χ4v) is 2.41. The van der Waals surface area contributed by atoms with E-state index in [1.165, 1.54) is 30.4 Å². The lowest BCUT2D eigenvalue weighted by molar-refractivity contribution is -0.124. The van der Waals surface area contributed by atoms with E-state index in [2.05, 4.69) is 31.3 Å². The van der Waals surface area contributed by atoms with Gasteiger partial charge in [0.1, 0.15) is 5.75 Å². The number of fused-ring (bicyclic) bond motifs is 1. The highest BCUT2D eigenvalue weighted by atomic mass is 16.5. The first-order valence-corrected chi connectivity index (χ1v) is 7.60. The minimum Gasteiger partial charge on any atom is -0.484 e. The Labute approximate surface area is 121 Å². The second-order valence-corrected chi connectivity index (χ2v) is 6.03. The molecule has 1 aromatic carbocycles. The highest BCUT2D eigenvalue weighted by Crippen LogP contribution is 2.25. The Bertz CT molecular complexity index is 468. The number of hydrogen-bond donors (Lipinski definition) is 1. The molecular weight excluding hydrogens is 250 g/mol. The third-order valence-electron chi connectivity index (χ3n) is 4.08. The lowest BCUT2D eigenvalue weighted by atomic mass is 9.92. The van der Waals surface area contributed by atoms with Crippen molar-refractivity contribution in [1.82, 2.24) is 5.32 Å². The molecule has 0 aromatic heterocycles. The Kier molecular flexibility index (Phi) is 5.05. The van der Waals surface area contributed by atoms with Crippen LogP contribution in [0.5, 0.6) is 5.75 Å². The number of carbonyl (C=O) groups excluding carboxylic acids is 1. The smallest absolute Gasteiger partial charge is 0.258 e. The summed E-state index contributed by atoms with van der Waals surface area (Å²) in [5.41, 5.74) is 2.81. The molecule has 0 saturated carbocycles. The second-order valence-electron chi connectivity index (χ2n) is 6.03. The summed E-state index contributed by atoms with van der Waals surface area (Å²) in [6.07, 6.45) is 4.83. The summed E-state index contributed by atoms with van der Waals surface area (Å²) in [5.74, 6) is 1.18. The summed E-state index contributed by atoms with van der Waals surface area (Å²) in [6, 6.07) is 6.38. The molecule has 110 valence electrons. The van der Waals surface area contributed by atoms with Crippen LogP contribution in [0, 0.1) is 5.92 Å². The van der Waals surface area contributed by atoms with Crippen LogP contribution in [-0.2, 0) is 17.6 Å². The molecule has 1 aliphatic carbocycles. The van der Waals surface area contributed by atoms with Crippen LogP contribution in [0.15, 0.2) is 18.2 Å². The van der Waals surface area contributed by atoms with Gasteiger partial charge >= 0.3 is 0 Å². The third-order valence-corrected chi connectivity index (χ3v) is 4.08. The Hall–Kier alpha value is -1.51. The summed E-state index contributed by atoms with van der Waals surface area (Å²) in [6.45, 7) is 6.29. The SMILES string of the molecule is CC(C)[C@H](C)NC(=O)COc1ccc2c(c1)CCCC2. The first-order chi connectivity index (χ1) is 9.56. The van der Waals surface area contributed by atoms with E-state index in [1.54, 1.807) is 0 Å². The molecule has 3 heteroatoms. The minimum atomic E-state index is -0.0519. The van der Waals surface area contributed by atoms with Crippen molar-refractivity contribution < 1.29 is 9.53 Å². The van der Waals surface area contributed by atoms with E-state index in [0.29, 0.717) is 5.92 Å². The molecule has 0 saturated heterocycles. The van der Waals surface area contributed by atoms with Crippen molar-refractivity contribution in [3.05, 3.63) is 29.3 Å². The molecule has 0 unspecified atom stereocenters. The summed E-state index contributed by atoms with van der Waals surface area (Å²) in [7, 11) is 0. The van der Waals surface area contributed by atoms with Gasteiger partial charge in [-0.2, -0.15) is 0 Å². The Balaban J connectivity index is 1.86. The minimum absolute atomic E-state index is 0.0519. The highest BCUT2D eigenvalue weighted by molar-refractivity contribution is 5.77. The van der Waals surface area contributed by atoms with Crippen molar-refractivity contribution >= 4 is 5.91 Å². The maximum atomic E-state index is 11.8. The number of rotatable bonds is 5. The van der Waals surface area contributed by atoms with Gasteiger partial charge in [-0.3, -0.25) is 4.79 Å². The molecule has 0 aliphatic heterocycles. The van der Waals surface area contributed by atoms with Crippen molar-refractivity contribution in [3.63, 3.8) is 0 Å². The van der Waals surface area contributed by atoms with Crippen molar-refractivity contribution in [2.45, 2.75) is 52.5 Å². The molecule has 2 rings (SSSR count). The van der Waals surface area contributed by atoms with Crippen LogP contribution in [0.1, 0.15) is 44.7 Å². The normalized spacial score (nSPS) is 15.6. The van der Waals surface area contributed by atoms with Crippen molar-refractivity contribution in [3.8, 4) is 5.75 Å². The van der Waals surface area contributed by atoms with Crippen LogP contribution in [0.4, 0.5) is 0 Å². The maximum Gasteiger partial charge on any atom is 0.258 e. The summed E-state index contributed by atoms with van der Waals surface area (Å²) in [5, 5.41) is 2.95. The van der Waals surface area contributed by atoms with Gasteiger partial charge in [-0.05, 0) is 61.8 Å². The van der Waals surface area contributed by atoms with Gasteiger partial charge in [0.05, 0.1) is 0 Å². The number of benzene rings is 1. The molecule has 1 amide bonds. The quantitative estimate of drug-likeness (QED) is 0.896. The largest absolute Gasteiger partial charge is 0.484 e. The highest BCUT2D eigenvalue weighted by Gasteiger charge is 2.13. The number of amides is 1. The topological polar surface area (TPSA) is 38.3 Å². The van der Waals surface area contributed by atoms with E-state index in [-0.39, 0.29) is 18.6 Å². The van der Waals surface area contributed by atoms with E-state index in [0.717, 1.165) is 12.2 Å². The molecule has 1 aliphatic rings. The molecule has 3 nitrogen and oxygen atoms in total. The van der Waals surface area contributed by atoms with Crippen molar-refractivity contribution in [2.75, 3.05) is 6.61 Å². The van der Waals surface area contributed by atoms with E-state index in [1.807, 2.05) is 13.0 Å². The van der Waals surface area contributed by atoms with E-state index < -0.39 is 0 Å². The van der Waals surface area contributed by atoms with Gasteiger partial charge in [0.2, 0.25) is 0 Å². The zero-order valence-electron chi connectivity index (χ0n) is 12.7. The molecule has 1 N–H and O–H groups in total. The van der Waals surface area contributed by atoms with E-state index in [4.69, 9.17) is 4.74 Å². The molecule has 0 spiro atoms. The summed E-state index contributed by atoms with van der Waals surface area (Å²) < 4.78 is 5.60. The average molecular weight is 275 g/mol. The summed E-state index contributed by atoms with van der Waals surface area (Å²) in [4.78, 5) is 11.8. The van der Waals surface area contributed by atoms with Crippen LogP contribution in [-0.4, -0.2) is 18.6 Å². The number of nitrogens with one attached hydrogen (secondary N) is 1. The maximum absolute atomic E-state index is 11.8. The zero-order chi connectivity index (χ0) is 14.5. The van der Waals surface area contributed by atoms with E-state index in [9.17, 15) is 4.79 Å². The van der Waals surface area contributed by atoms with Crippen LogP contribution in [0.3, 0.4) is 0 Å². The fraction of sp³-hybridized carbons (Fsp3) is 0.588. The second kappa shape index (κ2) is 6.78. The monoisotopic (exact) mass is 275 g/mol. The molecule has 1 aromatic rings. The number of ether oxygens (including phenoxy) is 1. The van der Waals surface area contributed by atoms with Gasteiger partial charge in [-0.25, -0.2) is 0 Å². The summed E-state index contributed by atoms with van der Waals surface area (Å²) >= 11 is 0. The lowest BCUT2D eigenvalue weighted by Gasteiger charge is -2.18. The van der Waals surface area contributed by atoms with E-state index >= 15 is 0 Å². The van der Waals surface area contributed by atoms with Crippen LogP contribution < -0.4 is 10.1 Å². The molecule has 1 atom stereocenters. The predicted molar refractivity (Wildman–Crippen MR) is 81.0 cm³/mol. The van der Waals surface area contributed by atoms with Crippen LogP contribution >= 0.6 is 0 Å². The predicted octanol–water partition coefficient (Wildman–Crippen LogP) is 3.10. The number of carbonyl (C=O) groups is 1. The first-order valence-electron chi connectivity index (χ1n) is 7.60.